The first-order valence-corrected chi connectivity index (χ1v) is 10.9. The van der Waals surface area contributed by atoms with E-state index in [0.717, 1.165) is 36.3 Å². The van der Waals surface area contributed by atoms with Crippen molar-refractivity contribution in [3.8, 4) is 11.3 Å². The summed E-state index contributed by atoms with van der Waals surface area (Å²) in [6.45, 7) is 0. The fraction of sp³-hybridized carbons (Fsp3) is 0.286. The molecule has 1 fully saturated rings. The van der Waals surface area contributed by atoms with Crippen LogP contribution < -0.4 is 11.1 Å². The number of carbonyl (C=O) groups is 1. The highest BCUT2D eigenvalue weighted by atomic mass is 32.1. The predicted octanol–water partition coefficient (Wildman–Crippen LogP) is 3.60. The normalized spacial score (nSPS) is 15.0. The molecule has 13 heteroatoms. The molecular weight excluding hydrogens is 476 g/mol. The van der Waals surface area contributed by atoms with E-state index in [1.165, 1.54) is 6.07 Å². The summed E-state index contributed by atoms with van der Waals surface area (Å²) in [5, 5.41) is 10.9. The third-order valence-corrected chi connectivity index (χ3v) is 6.27. The van der Waals surface area contributed by atoms with Crippen LogP contribution in [0.3, 0.4) is 0 Å². The van der Waals surface area contributed by atoms with E-state index in [9.17, 15) is 18.0 Å². The fourth-order valence-electron chi connectivity index (χ4n) is 3.28. The van der Waals surface area contributed by atoms with Crippen molar-refractivity contribution in [3.63, 3.8) is 0 Å². The molecule has 0 aliphatic heterocycles. The molecule has 3 N–H and O–H groups in total. The van der Waals surface area contributed by atoms with Gasteiger partial charge >= 0.3 is 6.18 Å². The molecule has 1 aliphatic rings. The maximum atomic E-state index is 15.1. The van der Waals surface area contributed by atoms with Gasteiger partial charge in [-0.1, -0.05) is 0 Å². The molecule has 34 heavy (non-hydrogen) atoms. The molecule has 176 valence electrons. The zero-order chi connectivity index (χ0) is 24.1. The quantitative estimate of drug-likeness (QED) is 0.312. The minimum atomic E-state index is -4.52. The van der Waals surface area contributed by atoms with Gasteiger partial charge in [-0.05, 0) is 37.1 Å². The van der Waals surface area contributed by atoms with Crippen molar-refractivity contribution in [2.75, 3.05) is 0 Å². The highest BCUT2D eigenvalue weighted by Crippen LogP contribution is 2.34. The molecule has 8 nitrogen and oxygen atoms in total. The standard InChI is InChI=1S/C21H16F4N6O2S/c22-18-11(12-3-1-10(9-27-12)21(23,24)25)2-4-13-19(18)34-17(28-13)8-16-31-30-15(33-16)7-14(32)29-20(26)5-6-20/h1-4,9H,5-8,26H2,(H,29,32). The van der Waals surface area contributed by atoms with Gasteiger partial charge in [-0.2, -0.15) is 13.2 Å². The van der Waals surface area contributed by atoms with E-state index in [-0.39, 0.29) is 46.5 Å². The summed E-state index contributed by atoms with van der Waals surface area (Å²) < 4.78 is 59.1. The third kappa shape index (κ3) is 4.61. The topological polar surface area (TPSA) is 120 Å². The van der Waals surface area contributed by atoms with Gasteiger partial charge < -0.3 is 15.5 Å². The summed E-state index contributed by atoms with van der Waals surface area (Å²) in [6.07, 6.45) is -2.39. The van der Waals surface area contributed by atoms with E-state index in [2.05, 4.69) is 25.5 Å². The van der Waals surface area contributed by atoms with Crippen LogP contribution in [-0.2, 0) is 23.8 Å². The largest absolute Gasteiger partial charge is 0.424 e. The molecule has 0 spiro atoms. The van der Waals surface area contributed by atoms with E-state index in [1.807, 2.05) is 0 Å². The molecular formula is C21H16F4N6O2S. The molecule has 3 aromatic heterocycles. The average molecular weight is 492 g/mol. The Morgan fingerprint density at radius 2 is 1.94 bits per heavy atom. The van der Waals surface area contributed by atoms with Gasteiger partial charge in [-0.15, -0.1) is 21.5 Å². The molecule has 1 amide bonds. The molecule has 0 atom stereocenters. The average Bonchev–Trinajstić information content (AvgIpc) is 3.15. The summed E-state index contributed by atoms with van der Waals surface area (Å²) in [4.78, 5) is 20.1. The lowest BCUT2D eigenvalue weighted by Crippen LogP contribution is -2.44. The minimum absolute atomic E-state index is 0.0656. The summed E-state index contributed by atoms with van der Waals surface area (Å²) >= 11 is 1.06. The van der Waals surface area contributed by atoms with Gasteiger partial charge in [0.05, 0.1) is 33.6 Å². The SMILES string of the molecule is NC1(NC(=O)Cc2nnc(Cc3nc4ccc(-c5ccc(C(F)(F)F)cn5)c(F)c4s3)o2)CC1. The highest BCUT2D eigenvalue weighted by molar-refractivity contribution is 7.18. The number of nitrogens with one attached hydrogen (secondary N) is 1. The van der Waals surface area contributed by atoms with E-state index < -0.39 is 23.2 Å². The Morgan fingerprint density at radius 1 is 1.18 bits per heavy atom. The molecule has 0 bridgehead atoms. The number of benzene rings is 1. The lowest BCUT2D eigenvalue weighted by atomic mass is 10.1. The Kier molecular flexibility index (Phi) is 5.32. The lowest BCUT2D eigenvalue weighted by molar-refractivity contribution is -0.137. The maximum Gasteiger partial charge on any atom is 0.417 e. The van der Waals surface area contributed by atoms with Gasteiger partial charge in [0.15, 0.2) is 5.82 Å². The number of nitrogens with two attached hydrogens (primary N) is 1. The van der Waals surface area contributed by atoms with Crippen LogP contribution in [0.15, 0.2) is 34.9 Å². The van der Waals surface area contributed by atoms with Crippen LogP contribution in [0.5, 0.6) is 0 Å². The zero-order valence-electron chi connectivity index (χ0n) is 17.3. The Hall–Kier alpha value is -3.45. The molecule has 4 aromatic rings. The Bertz CT molecular complexity index is 1380. The van der Waals surface area contributed by atoms with Crippen molar-refractivity contribution in [1.29, 1.82) is 0 Å². The number of halogens is 4. The number of rotatable bonds is 6. The predicted molar refractivity (Wildman–Crippen MR) is 113 cm³/mol. The number of aromatic nitrogens is 4. The molecule has 5 rings (SSSR count). The van der Waals surface area contributed by atoms with Crippen LogP contribution in [0.25, 0.3) is 21.5 Å². The summed E-state index contributed by atoms with van der Waals surface area (Å²) in [6, 6.07) is 4.97. The van der Waals surface area contributed by atoms with Crippen LogP contribution in [0.1, 0.15) is 35.2 Å². The van der Waals surface area contributed by atoms with E-state index in [4.69, 9.17) is 10.2 Å². The van der Waals surface area contributed by atoms with E-state index >= 15 is 4.39 Å². The van der Waals surface area contributed by atoms with Crippen molar-refractivity contribution in [2.45, 2.75) is 37.5 Å². The number of amides is 1. The highest BCUT2D eigenvalue weighted by Gasteiger charge is 2.39. The second-order valence-corrected chi connectivity index (χ2v) is 9.04. The second-order valence-electron chi connectivity index (χ2n) is 7.96. The van der Waals surface area contributed by atoms with Gasteiger partial charge in [-0.25, -0.2) is 9.37 Å². The maximum absolute atomic E-state index is 15.1. The number of hydrogen-bond acceptors (Lipinski definition) is 8. The Labute approximate surface area is 193 Å². The first-order chi connectivity index (χ1) is 16.1. The van der Waals surface area contributed by atoms with Crippen LogP contribution >= 0.6 is 11.3 Å². The molecule has 0 radical (unpaired) electrons. The molecule has 1 aromatic carbocycles. The van der Waals surface area contributed by atoms with Crippen molar-refractivity contribution in [1.82, 2.24) is 25.5 Å². The van der Waals surface area contributed by atoms with Crippen LogP contribution in [0.4, 0.5) is 17.6 Å². The summed E-state index contributed by atoms with van der Waals surface area (Å²) in [5.74, 6) is -0.616. The van der Waals surface area contributed by atoms with E-state index in [0.29, 0.717) is 16.7 Å². The Balaban J connectivity index is 1.32. The van der Waals surface area contributed by atoms with Gasteiger partial charge in [0.2, 0.25) is 17.7 Å². The van der Waals surface area contributed by atoms with Gasteiger partial charge in [-0.3, -0.25) is 9.78 Å². The van der Waals surface area contributed by atoms with Crippen LogP contribution in [0.2, 0.25) is 0 Å². The second kappa shape index (κ2) is 8.09. The first kappa shape index (κ1) is 22.3. The molecule has 0 saturated heterocycles. The van der Waals surface area contributed by atoms with E-state index in [1.54, 1.807) is 6.07 Å². The monoisotopic (exact) mass is 492 g/mol. The molecule has 3 heterocycles. The van der Waals surface area contributed by atoms with Crippen molar-refractivity contribution in [3.05, 3.63) is 58.6 Å². The fourth-order valence-corrected chi connectivity index (χ4v) is 4.27. The number of nitrogens with zero attached hydrogens (tertiary/aromatic N) is 4. The third-order valence-electron chi connectivity index (χ3n) is 5.21. The van der Waals surface area contributed by atoms with Gasteiger partial charge in [0.1, 0.15) is 11.4 Å². The van der Waals surface area contributed by atoms with Crippen molar-refractivity contribution >= 4 is 27.5 Å². The van der Waals surface area contributed by atoms with Crippen LogP contribution in [0, 0.1) is 5.82 Å². The zero-order valence-corrected chi connectivity index (χ0v) is 18.1. The summed E-state index contributed by atoms with van der Waals surface area (Å²) in [7, 11) is 0. The Morgan fingerprint density at radius 3 is 2.62 bits per heavy atom. The van der Waals surface area contributed by atoms with Gasteiger partial charge in [0, 0.05) is 11.8 Å². The number of hydrogen-bond donors (Lipinski definition) is 2. The molecule has 0 unspecified atom stereocenters. The number of carbonyl (C=O) groups excluding carboxylic acids is 1. The van der Waals surface area contributed by atoms with Crippen molar-refractivity contribution in [2.24, 2.45) is 5.73 Å². The number of pyridine rings is 1. The minimum Gasteiger partial charge on any atom is -0.424 e. The molecule has 1 saturated carbocycles. The molecule has 1 aliphatic carbocycles. The van der Waals surface area contributed by atoms with Gasteiger partial charge in [0.25, 0.3) is 0 Å². The first-order valence-electron chi connectivity index (χ1n) is 10.1. The number of fused-ring (bicyclic) bond motifs is 1. The van der Waals surface area contributed by atoms with Crippen LogP contribution in [-0.4, -0.2) is 31.7 Å². The number of thiazole rings is 1. The smallest absolute Gasteiger partial charge is 0.417 e. The summed E-state index contributed by atoms with van der Waals surface area (Å²) in [5.41, 5.74) is 4.81. The lowest BCUT2D eigenvalue weighted by Gasteiger charge is -2.09. The number of alkyl halides is 3. The van der Waals surface area contributed by atoms with Crippen molar-refractivity contribution < 1.29 is 26.8 Å².